The molecule has 0 spiro atoms. The molecule has 0 bridgehead atoms. The molecule has 0 aliphatic rings. The van der Waals surface area contributed by atoms with Crippen LogP contribution in [0.4, 0.5) is 4.79 Å². The van der Waals surface area contributed by atoms with Crippen LogP contribution in [-0.4, -0.2) is 17.5 Å². The fourth-order valence-electron chi connectivity index (χ4n) is 1.72. The third-order valence-corrected chi connectivity index (χ3v) is 2.55. The van der Waals surface area contributed by atoms with Crippen molar-refractivity contribution in [3.8, 4) is 0 Å². The number of carbonyl (C=O) groups is 1. The minimum Gasteiger partial charge on any atom is -0.464 e. The van der Waals surface area contributed by atoms with Crippen LogP contribution in [0.3, 0.4) is 0 Å². The Balaban J connectivity index is 2.20. The highest BCUT2D eigenvalue weighted by Crippen LogP contribution is 2.17. The Morgan fingerprint density at radius 1 is 1.47 bits per heavy atom. The van der Waals surface area contributed by atoms with E-state index in [9.17, 15) is 4.79 Å². The number of furan rings is 1. The second-order valence-corrected chi connectivity index (χ2v) is 3.80. The molecule has 4 heteroatoms. The first-order chi connectivity index (χ1) is 8.20. The molecule has 4 nitrogen and oxygen atoms in total. The van der Waals surface area contributed by atoms with Crippen molar-refractivity contribution >= 4 is 17.0 Å². The van der Waals surface area contributed by atoms with Gasteiger partial charge in [-0.3, -0.25) is 0 Å². The average molecular weight is 230 g/mol. The largest absolute Gasteiger partial charge is 0.464 e. The highest BCUT2D eigenvalue weighted by molar-refractivity contribution is 5.78. The summed E-state index contributed by atoms with van der Waals surface area (Å²) in [6.07, 6.45) is 3.30. The van der Waals surface area contributed by atoms with Crippen molar-refractivity contribution in [2.24, 2.45) is 5.73 Å². The Morgan fingerprint density at radius 3 is 3.00 bits per heavy atom. The summed E-state index contributed by atoms with van der Waals surface area (Å²) < 4.78 is 5.25. The number of amides is 2. The third kappa shape index (κ3) is 2.47. The molecule has 0 aliphatic carbocycles. The molecular weight excluding hydrogens is 216 g/mol. The number of nitrogens with zero attached hydrogens (tertiary/aromatic N) is 1. The zero-order valence-corrected chi connectivity index (χ0v) is 9.43. The summed E-state index contributed by atoms with van der Waals surface area (Å²) in [7, 11) is 0. The normalized spacial score (nSPS) is 10.4. The van der Waals surface area contributed by atoms with Crippen LogP contribution in [0.15, 0.2) is 47.6 Å². The maximum absolute atomic E-state index is 11.2. The van der Waals surface area contributed by atoms with Crippen LogP contribution in [0.2, 0.25) is 0 Å². The summed E-state index contributed by atoms with van der Waals surface area (Å²) in [6, 6.07) is 7.23. The van der Waals surface area contributed by atoms with Crippen molar-refractivity contribution in [3.05, 3.63) is 48.7 Å². The molecular formula is C13H14N2O2. The molecule has 0 unspecified atom stereocenters. The quantitative estimate of drug-likeness (QED) is 0.820. The molecule has 0 saturated heterocycles. The van der Waals surface area contributed by atoms with E-state index in [2.05, 4.69) is 6.58 Å². The first-order valence-corrected chi connectivity index (χ1v) is 5.32. The Hall–Kier alpha value is -2.23. The van der Waals surface area contributed by atoms with Gasteiger partial charge < -0.3 is 15.1 Å². The van der Waals surface area contributed by atoms with Crippen molar-refractivity contribution in [2.45, 2.75) is 6.54 Å². The number of nitrogens with two attached hydrogens (primary N) is 1. The minimum atomic E-state index is -0.447. The molecule has 0 fully saturated rings. The van der Waals surface area contributed by atoms with E-state index in [0.29, 0.717) is 13.1 Å². The van der Waals surface area contributed by atoms with Crippen molar-refractivity contribution < 1.29 is 9.21 Å². The Morgan fingerprint density at radius 2 is 2.29 bits per heavy atom. The zero-order valence-electron chi connectivity index (χ0n) is 9.43. The molecule has 17 heavy (non-hydrogen) atoms. The van der Waals surface area contributed by atoms with Gasteiger partial charge in [0.1, 0.15) is 5.58 Å². The van der Waals surface area contributed by atoms with Gasteiger partial charge in [0, 0.05) is 18.5 Å². The number of benzene rings is 1. The molecule has 88 valence electrons. The smallest absolute Gasteiger partial charge is 0.315 e. The average Bonchev–Trinajstić information content (AvgIpc) is 2.75. The number of primary amides is 1. The van der Waals surface area contributed by atoms with E-state index in [1.807, 2.05) is 24.3 Å². The highest BCUT2D eigenvalue weighted by Gasteiger charge is 2.09. The van der Waals surface area contributed by atoms with E-state index in [1.165, 1.54) is 4.90 Å². The van der Waals surface area contributed by atoms with Crippen molar-refractivity contribution in [1.29, 1.82) is 0 Å². The Bertz CT molecular complexity index is 545. The zero-order chi connectivity index (χ0) is 12.3. The summed E-state index contributed by atoms with van der Waals surface area (Å²) in [4.78, 5) is 12.7. The van der Waals surface area contributed by atoms with Crippen LogP contribution in [0, 0.1) is 0 Å². The fraction of sp³-hybridized carbons (Fsp3) is 0.154. The number of fused-ring (bicyclic) bond motifs is 1. The molecule has 1 aromatic carbocycles. The van der Waals surface area contributed by atoms with Gasteiger partial charge in [-0.2, -0.15) is 0 Å². The minimum absolute atomic E-state index is 0.443. The molecule has 1 aromatic heterocycles. The Kier molecular flexibility index (Phi) is 3.14. The maximum Gasteiger partial charge on any atom is 0.315 e. The number of hydrogen-bond donors (Lipinski definition) is 1. The van der Waals surface area contributed by atoms with Gasteiger partial charge in [-0.25, -0.2) is 4.79 Å². The summed E-state index contributed by atoms with van der Waals surface area (Å²) >= 11 is 0. The van der Waals surface area contributed by atoms with Gasteiger partial charge in [-0.15, -0.1) is 6.58 Å². The molecule has 0 atom stereocenters. The lowest BCUT2D eigenvalue weighted by molar-refractivity contribution is 0.211. The van der Waals surface area contributed by atoms with Crippen LogP contribution in [0.1, 0.15) is 5.56 Å². The van der Waals surface area contributed by atoms with E-state index in [4.69, 9.17) is 10.2 Å². The SMILES string of the molecule is C=CCN(Cc1ccc2occc2c1)C(N)=O. The van der Waals surface area contributed by atoms with Crippen molar-refractivity contribution in [2.75, 3.05) is 6.54 Å². The Labute approximate surface area is 99.3 Å². The van der Waals surface area contributed by atoms with Gasteiger partial charge in [0.05, 0.1) is 6.26 Å². The van der Waals surface area contributed by atoms with Crippen LogP contribution in [0.5, 0.6) is 0 Å². The summed E-state index contributed by atoms with van der Waals surface area (Å²) in [6.45, 7) is 4.52. The van der Waals surface area contributed by atoms with E-state index in [1.54, 1.807) is 12.3 Å². The van der Waals surface area contributed by atoms with Gasteiger partial charge in [0.2, 0.25) is 0 Å². The number of hydrogen-bond acceptors (Lipinski definition) is 2. The monoisotopic (exact) mass is 230 g/mol. The third-order valence-electron chi connectivity index (χ3n) is 2.55. The van der Waals surface area contributed by atoms with Gasteiger partial charge in [-0.05, 0) is 23.8 Å². The van der Waals surface area contributed by atoms with E-state index < -0.39 is 6.03 Å². The van der Waals surface area contributed by atoms with Crippen molar-refractivity contribution in [1.82, 2.24) is 4.90 Å². The molecule has 0 radical (unpaired) electrons. The second-order valence-electron chi connectivity index (χ2n) is 3.80. The molecule has 2 rings (SSSR count). The van der Waals surface area contributed by atoms with Crippen LogP contribution in [-0.2, 0) is 6.54 Å². The molecule has 0 saturated carbocycles. The van der Waals surface area contributed by atoms with Gasteiger partial charge in [0.15, 0.2) is 0 Å². The molecule has 1 heterocycles. The van der Waals surface area contributed by atoms with Crippen LogP contribution >= 0.6 is 0 Å². The van der Waals surface area contributed by atoms with E-state index in [-0.39, 0.29) is 0 Å². The molecule has 2 N–H and O–H groups in total. The molecule has 2 aromatic rings. The maximum atomic E-state index is 11.2. The number of urea groups is 1. The fourth-order valence-corrected chi connectivity index (χ4v) is 1.72. The van der Waals surface area contributed by atoms with Crippen LogP contribution < -0.4 is 5.73 Å². The number of rotatable bonds is 4. The first kappa shape index (κ1) is 11.3. The lowest BCUT2D eigenvalue weighted by Crippen LogP contribution is -2.35. The lowest BCUT2D eigenvalue weighted by Gasteiger charge is -2.18. The summed E-state index contributed by atoms with van der Waals surface area (Å²) in [5.74, 6) is 0. The van der Waals surface area contributed by atoms with Crippen molar-refractivity contribution in [3.63, 3.8) is 0 Å². The van der Waals surface area contributed by atoms with Gasteiger partial charge in [-0.1, -0.05) is 12.1 Å². The number of carbonyl (C=O) groups excluding carboxylic acids is 1. The molecule has 0 aliphatic heterocycles. The molecule has 2 amide bonds. The van der Waals surface area contributed by atoms with E-state index in [0.717, 1.165) is 16.5 Å². The summed E-state index contributed by atoms with van der Waals surface area (Å²) in [5.41, 5.74) is 7.13. The standard InChI is InChI=1S/C13H14N2O2/c1-2-6-15(13(14)16)9-10-3-4-12-11(8-10)5-7-17-12/h2-5,7-8H,1,6,9H2,(H2,14,16). The van der Waals surface area contributed by atoms with Gasteiger partial charge >= 0.3 is 6.03 Å². The van der Waals surface area contributed by atoms with E-state index >= 15 is 0 Å². The van der Waals surface area contributed by atoms with Gasteiger partial charge in [0.25, 0.3) is 0 Å². The topological polar surface area (TPSA) is 59.5 Å². The second kappa shape index (κ2) is 4.74. The predicted molar refractivity (Wildman–Crippen MR) is 66.4 cm³/mol. The highest BCUT2D eigenvalue weighted by atomic mass is 16.3. The van der Waals surface area contributed by atoms with Crippen LogP contribution in [0.25, 0.3) is 11.0 Å². The summed E-state index contributed by atoms with van der Waals surface area (Å²) in [5, 5.41) is 1.02. The first-order valence-electron chi connectivity index (χ1n) is 5.32. The lowest BCUT2D eigenvalue weighted by atomic mass is 10.1. The predicted octanol–water partition coefficient (Wildman–Crippen LogP) is 2.50.